The number of hydrogen-bond donors (Lipinski definition) is 0. The average Bonchev–Trinajstić information content (AvgIpc) is 2.41. The maximum Gasteiger partial charge on any atom is 0.243 e. The molecule has 0 aromatic heterocycles. The lowest BCUT2D eigenvalue weighted by atomic mass is 10.1. The van der Waals surface area contributed by atoms with Crippen LogP contribution in [0.4, 0.5) is 0 Å². The molecule has 0 fully saturated rings. The van der Waals surface area contributed by atoms with E-state index in [9.17, 15) is 8.42 Å². The highest BCUT2D eigenvalue weighted by atomic mass is 35.5. The van der Waals surface area contributed by atoms with Crippen molar-refractivity contribution in [3.8, 4) is 0 Å². The van der Waals surface area contributed by atoms with E-state index in [1.807, 2.05) is 33.8 Å². The minimum absolute atomic E-state index is 0.325. The van der Waals surface area contributed by atoms with Crippen LogP contribution in [0.3, 0.4) is 0 Å². The molecule has 5 heteroatoms. The number of aryl methyl sites for hydroxylation is 1. The lowest BCUT2D eigenvalue weighted by molar-refractivity contribution is 0.409. The van der Waals surface area contributed by atoms with Gasteiger partial charge in [0.1, 0.15) is 0 Å². The van der Waals surface area contributed by atoms with Gasteiger partial charge < -0.3 is 0 Å². The van der Waals surface area contributed by atoms with Crippen LogP contribution in [0.25, 0.3) is 0 Å². The Hall–Kier alpha value is -0.580. The zero-order valence-electron chi connectivity index (χ0n) is 12.7. The highest BCUT2D eigenvalue weighted by molar-refractivity contribution is 7.89. The maximum atomic E-state index is 12.8. The summed E-state index contributed by atoms with van der Waals surface area (Å²) in [5, 5.41) is 0. The molecule has 0 heterocycles. The van der Waals surface area contributed by atoms with Crippen LogP contribution in [0.5, 0.6) is 0 Å². The van der Waals surface area contributed by atoms with Gasteiger partial charge in [0.25, 0.3) is 0 Å². The first-order chi connectivity index (χ1) is 9.38. The molecule has 0 N–H and O–H groups in total. The Bertz CT molecular complexity index is 549. The summed E-state index contributed by atoms with van der Waals surface area (Å²) in [7, 11) is -3.44. The van der Waals surface area contributed by atoms with Crippen LogP contribution in [0.1, 0.15) is 43.4 Å². The third-order valence-electron chi connectivity index (χ3n) is 3.40. The molecular weight excluding hydrogens is 294 g/mol. The molecule has 0 aliphatic heterocycles. The van der Waals surface area contributed by atoms with Gasteiger partial charge in [-0.25, -0.2) is 8.42 Å². The number of benzene rings is 1. The summed E-state index contributed by atoms with van der Waals surface area (Å²) in [6.45, 7) is 8.88. The van der Waals surface area contributed by atoms with Crippen LogP contribution in [0, 0.1) is 13.8 Å². The van der Waals surface area contributed by atoms with Gasteiger partial charge in [0, 0.05) is 19.0 Å². The van der Waals surface area contributed by atoms with Crippen molar-refractivity contribution in [1.29, 1.82) is 0 Å². The van der Waals surface area contributed by atoms with Crippen molar-refractivity contribution < 1.29 is 8.42 Å². The predicted octanol–water partition coefficient (Wildman–Crippen LogP) is 3.85. The summed E-state index contributed by atoms with van der Waals surface area (Å²) in [5.74, 6) is 0.325. The zero-order chi connectivity index (χ0) is 15.3. The molecule has 0 atom stereocenters. The Kier molecular flexibility index (Phi) is 6.49. The molecule has 1 aromatic rings. The van der Waals surface area contributed by atoms with Crippen LogP contribution in [-0.2, 0) is 15.9 Å². The summed E-state index contributed by atoms with van der Waals surface area (Å²) in [5.41, 5.74) is 2.63. The largest absolute Gasteiger partial charge is 0.243 e. The Morgan fingerprint density at radius 2 is 1.65 bits per heavy atom. The second-order valence-electron chi connectivity index (χ2n) is 5.07. The summed E-state index contributed by atoms with van der Waals surface area (Å²) >= 11 is 5.87. The van der Waals surface area contributed by atoms with E-state index in [2.05, 4.69) is 0 Å². The molecule has 0 aliphatic carbocycles. The van der Waals surface area contributed by atoms with Gasteiger partial charge in [-0.3, -0.25) is 0 Å². The van der Waals surface area contributed by atoms with Crippen LogP contribution < -0.4 is 0 Å². The van der Waals surface area contributed by atoms with Crippen molar-refractivity contribution in [2.24, 2.45) is 0 Å². The smallest absolute Gasteiger partial charge is 0.207 e. The van der Waals surface area contributed by atoms with Crippen molar-refractivity contribution in [2.75, 3.05) is 13.1 Å². The number of alkyl halides is 1. The number of rotatable bonds is 7. The van der Waals surface area contributed by atoms with E-state index in [1.165, 1.54) is 0 Å². The van der Waals surface area contributed by atoms with Gasteiger partial charge >= 0.3 is 0 Å². The Labute approximate surface area is 128 Å². The van der Waals surface area contributed by atoms with Crippen molar-refractivity contribution in [3.05, 3.63) is 28.8 Å². The van der Waals surface area contributed by atoms with Gasteiger partial charge in [0.2, 0.25) is 10.0 Å². The van der Waals surface area contributed by atoms with E-state index in [0.29, 0.717) is 23.9 Å². The van der Waals surface area contributed by atoms with E-state index < -0.39 is 10.0 Å². The summed E-state index contributed by atoms with van der Waals surface area (Å²) in [6.07, 6.45) is 1.62. The molecule has 0 saturated heterocycles. The van der Waals surface area contributed by atoms with Crippen molar-refractivity contribution in [3.63, 3.8) is 0 Å². The van der Waals surface area contributed by atoms with Crippen LogP contribution in [0.15, 0.2) is 17.0 Å². The molecule has 0 aliphatic rings. The molecule has 0 saturated carbocycles. The van der Waals surface area contributed by atoms with Gasteiger partial charge in [-0.2, -0.15) is 4.31 Å². The quantitative estimate of drug-likeness (QED) is 0.716. The van der Waals surface area contributed by atoms with Crippen molar-refractivity contribution >= 4 is 21.6 Å². The van der Waals surface area contributed by atoms with E-state index in [-0.39, 0.29) is 0 Å². The van der Waals surface area contributed by atoms with Crippen LogP contribution in [0.2, 0.25) is 0 Å². The third kappa shape index (κ3) is 3.74. The van der Waals surface area contributed by atoms with Crippen molar-refractivity contribution in [1.82, 2.24) is 4.31 Å². The Balaban J connectivity index is 3.36. The average molecular weight is 318 g/mol. The number of halogens is 1. The molecular formula is C15H24ClNO2S. The van der Waals surface area contributed by atoms with Crippen LogP contribution >= 0.6 is 11.6 Å². The molecule has 0 unspecified atom stereocenters. The SMILES string of the molecule is CCCN(CCC)S(=O)(=O)c1cc(CCl)cc(C)c1C. The Morgan fingerprint density at radius 3 is 2.10 bits per heavy atom. The first kappa shape index (κ1) is 17.5. The van der Waals surface area contributed by atoms with Gasteiger partial charge in [-0.05, 0) is 49.4 Å². The van der Waals surface area contributed by atoms with Gasteiger partial charge in [-0.15, -0.1) is 11.6 Å². The highest BCUT2D eigenvalue weighted by Crippen LogP contribution is 2.25. The fourth-order valence-corrected chi connectivity index (χ4v) is 4.36. The van der Waals surface area contributed by atoms with Crippen molar-refractivity contribution in [2.45, 2.75) is 51.3 Å². The number of nitrogens with zero attached hydrogens (tertiary/aromatic N) is 1. The van der Waals surface area contributed by atoms with E-state index in [4.69, 9.17) is 11.6 Å². The first-order valence-corrected chi connectivity index (χ1v) is 9.02. The Morgan fingerprint density at radius 1 is 1.10 bits per heavy atom. The predicted molar refractivity (Wildman–Crippen MR) is 84.8 cm³/mol. The molecule has 20 heavy (non-hydrogen) atoms. The third-order valence-corrected chi connectivity index (χ3v) is 5.73. The molecule has 0 bridgehead atoms. The first-order valence-electron chi connectivity index (χ1n) is 7.04. The molecule has 114 valence electrons. The molecule has 1 rings (SSSR count). The minimum atomic E-state index is -3.44. The summed E-state index contributed by atoms with van der Waals surface area (Å²) in [6, 6.07) is 3.66. The van der Waals surface area contributed by atoms with E-state index >= 15 is 0 Å². The second kappa shape index (κ2) is 7.43. The fraction of sp³-hybridized carbons (Fsp3) is 0.600. The molecule has 1 aromatic carbocycles. The molecule has 0 spiro atoms. The maximum absolute atomic E-state index is 12.8. The highest BCUT2D eigenvalue weighted by Gasteiger charge is 2.25. The number of sulfonamides is 1. The van der Waals surface area contributed by atoms with Gasteiger partial charge in [0.05, 0.1) is 4.90 Å². The molecule has 0 amide bonds. The normalized spacial score (nSPS) is 12.1. The number of hydrogen-bond acceptors (Lipinski definition) is 2. The molecule has 3 nitrogen and oxygen atoms in total. The minimum Gasteiger partial charge on any atom is -0.207 e. The van der Waals surface area contributed by atoms with E-state index in [1.54, 1.807) is 10.4 Å². The topological polar surface area (TPSA) is 37.4 Å². The fourth-order valence-electron chi connectivity index (χ4n) is 2.23. The monoisotopic (exact) mass is 317 g/mol. The van der Waals surface area contributed by atoms with Crippen LogP contribution in [-0.4, -0.2) is 25.8 Å². The zero-order valence-corrected chi connectivity index (χ0v) is 14.3. The lowest BCUT2D eigenvalue weighted by Crippen LogP contribution is -2.33. The standard InChI is InChI=1S/C15H24ClNO2S/c1-5-7-17(8-6-2)20(18,19)15-10-14(11-16)9-12(3)13(15)4/h9-10H,5-8,11H2,1-4H3. The van der Waals surface area contributed by atoms with Gasteiger partial charge in [0.15, 0.2) is 0 Å². The van der Waals surface area contributed by atoms with E-state index in [0.717, 1.165) is 29.5 Å². The second-order valence-corrected chi connectivity index (χ2v) is 7.25. The summed E-state index contributed by atoms with van der Waals surface area (Å²) in [4.78, 5) is 0.398. The van der Waals surface area contributed by atoms with Gasteiger partial charge in [-0.1, -0.05) is 19.9 Å². The molecule has 0 radical (unpaired) electrons. The lowest BCUT2D eigenvalue weighted by Gasteiger charge is -2.23. The summed E-state index contributed by atoms with van der Waals surface area (Å²) < 4.78 is 27.2.